The zero-order valence-corrected chi connectivity index (χ0v) is 15.4. The SMILES string of the molecule is COc1cc(Cl)c(Cl)cc1C(=O)NCCCN1CCNCC1.Cl. The molecule has 0 aliphatic carbocycles. The molecule has 0 radical (unpaired) electrons. The van der Waals surface area contributed by atoms with Crippen molar-refractivity contribution < 1.29 is 9.53 Å². The van der Waals surface area contributed by atoms with Crippen LogP contribution in [-0.2, 0) is 0 Å². The Morgan fingerprint density at radius 3 is 2.61 bits per heavy atom. The van der Waals surface area contributed by atoms with Crippen molar-refractivity contribution in [2.45, 2.75) is 6.42 Å². The van der Waals surface area contributed by atoms with Gasteiger partial charge in [-0.25, -0.2) is 0 Å². The third kappa shape index (κ3) is 6.01. The van der Waals surface area contributed by atoms with Crippen LogP contribution in [0.3, 0.4) is 0 Å². The molecule has 8 heteroatoms. The largest absolute Gasteiger partial charge is 0.496 e. The summed E-state index contributed by atoms with van der Waals surface area (Å²) in [6.07, 6.45) is 0.912. The van der Waals surface area contributed by atoms with Gasteiger partial charge in [-0.2, -0.15) is 0 Å². The summed E-state index contributed by atoms with van der Waals surface area (Å²) in [4.78, 5) is 14.6. The summed E-state index contributed by atoms with van der Waals surface area (Å²) in [5, 5.41) is 6.93. The molecule has 23 heavy (non-hydrogen) atoms. The lowest BCUT2D eigenvalue weighted by Gasteiger charge is -2.27. The van der Waals surface area contributed by atoms with Gasteiger partial charge in [0.25, 0.3) is 5.91 Å². The van der Waals surface area contributed by atoms with Gasteiger partial charge in [-0.1, -0.05) is 23.2 Å². The van der Waals surface area contributed by atoms with Crippen molar-refractivity contribution >= 4 is 41.5 Å². The number of hydrogen-bond donors (Lipinski definition) is 2. The van der Waals surface area contributed by atoms with Crippen LogP contribution < -0.4 is 15.4 Å². The van der Waals surface area contributed by atoms with Crippen LogP contribution in [0.25, 0.3) is 0 Å². The van der Waals surface area contributed by atoms with Gasteiger partial charge in [0.05, 0.1) is 22.7 Å². The zero-order valence-electron chi connectivity index (χ0n) is 13.0. The lowest BCUT2D eigenvalue weighted by atomic mass is 10.2. The molecule has 0 saturated carbocycles. The van der Waals surface area contributed by atoms with Crippen LogP contribution in [0.4, 0.5) is 0 Å². The number of carbonyl (C=O) groups excluding carboxylic acids is 1. The molecule has 5 nitrogen and oxygen atoms in total. The highest BCUT2D eigenvalue weighted by molar-refractivity contribution is 6.42. The number of amides is 1. The fourth-order valence-electron chi connectivity index (χ4n) is 2.41. The van der Waals surface area contributed by atoms with E-state index in [1.54, 1.807) is 6.07 Å². The topological polar surface area (TPSA) is 53.6 Å². The molecule has 2 rings (SSSR count). The Labute approximate surface area is 153 Å². The molecule has 0 aromatic heterocycles. The van der Waals surface area contributed by atoms with Gasteiger partial charge in [-0.3, -0.25) is 4.79 Å². The Morgan fingerprint density at radius 2 is 1.96 bits per heavy atom. The second-order valence-corrected chi connectivity index (χ2v) is 5.98. The number of piperazine rings is 1. The van der Waals surface area contributed by atoms with E-state index >= 15 is 0 Å². The number of halogens is 3. The minimum atomic E-state index is -0.198. The van der Waals surface area contributed by atoms with E-state index in [0.717, 1.165) is 39.1 Å². The Balaban J connectivity index is 0.00000264. The molecule has 1 heterocycles. The molecule has 0 atom stereocenters. The minimum absolute atomic E-state index is 0. The Hall–Kier alpha value is -0.720. The maximum absolute atomic E-state index is 12.2. The first-order chi connectivity index (χ1) is 10.6. The number of hydrogen-bond acceptors (Lipinski definition) is 4. The molecule has 0 spiro atoms. The van der Waals surface area contributed by atoms with E-state index in [4.69, 9.17) is 27.9 Å². The normalized spacial score (nSPS) is 14.9. The van der Waals surface area contributed by atoms with Crippen LogP contribution in [0.2, 0.25) is 10.0 Å². The van der Waals surface area contributed by atoms with Crippen LogP contribution in [0.1, 0.15) is 16.8 Å². The summed E-state index contributed by atoms with van der Waals surface area (Å²) >= 11 is 11.9. The number of benzene rings is 1. The number of nitrogens with one attached hydrogen (secondary N) is 2. The molecule has 1 aliphatic rings. The third-order valence-electron chi connectivity index (χ3n) is 3.63. The Morgan fingerprint density at radius 1 is 1.30 bits per heavy atom. The smallest absolute Gasteiger partial charge is 0.255 e. The number of ether oxygens (including phenoxy) is 1. The van der Waals surface area contributed by atoms with Crippen LogP contribution in [0, 0.1) is 0 Å². The summed E-state index contributed by atoms with van der Waals surface area (Å²) in [5.41, 5.74) is 0.402. The van der Waals surface area contributed by atoms with Crippen molar-refractivity contribution in [1.29, 1.82) is 0 Å². The first-order valence-corrected chi connectivity index (χ1v) is 8.11. The number of methoxy groups -OCH3 is 1. The van der Waals surface area contributed by atoms with Gasteiger partial charge in [0.1, 0.15) is 5.75 Å². The average Bonchev–Trinajstić information content (AvgIpc) is 2.54. The highest BCUT2D eigenvalue weighted by Crippen LogP contribution is 2.30. The predicted octanol–water partition coefficient (Wildman–Crippen LogP) is 2.45. The Bertz CT molecular complexity index is 523. The lowest BCUT2D eigenvalue weighted by Crippen LogP contribution is -2.44. The molecule has 1 saturated heterocycles. The van der Waals surface area contributed by atoms with Crippen molar-refractivity contribution in [2.75, 3.05) is 46.4 Å². The number of rotatable bonds is 6. The van der Waals surface area contributed by atoms with E-state index < -0.39 is 0 Å². The standard InChI is InChI=1S/C15H21Cl2N3O2.ClH/c1-22-14-10-13(17)12(16)9-11(14)15(21)19-3-2-6-20-7-4-18-5-8-20;/h9-10,18H,2-8H2,1H3,(H,19,21);1H. The fraction of sp³-hybridized carbons (Fsp3) is 0.533. The highest BCUT2D eigenvalue weighted by atomic mass is 35.5. The first kappa shape index (κ1) is 20.3. The molecule has 1 aromatic rings. The van der Waals surface area contributed by atoms with Gasteiger partial charge < -0.3 is 20.3 Å². The second kappa shape index (κ2) is 10.2. The summed E-state index contributed by atoms with van der Waals surface area (Å²) in [7, 11) is 1.50. The fourth-order valence-corrected chi connectivity index (χ4v) is 2.73. The molecule has 1 aromatic carbocycles. The van der Waals surface area contributed by atoms with E-state index in [1.165, 1.54) is 13.2 Å². The van der Waals surface area contributed by atoms with Gasteiger partial charge in [0.15, 0.2) is 0 Å². The molecule has 0 unspecified atom stereocenters. The molecular weight excluding hydrogens is 361 g/mol. The minimum Gasteiger partial charge on any atom is -0.496 e. The second-order valence-electron chi connectivity index (χ2n) is 5.17. The summed E-state index contributed by atoms with van der Waals surface area (Å²) in [6.45, 7) is 5.80. The monoisotopic (exact) mass is 381 g/mol. The molecule has 130 valence electrons. The molecule has 1 fully saturated rings. The summed E-state index contributed by atoms with van der Waals surface area (Å²) in [6, 6.07) is 3.09. The number of carbonyl (C=O) groups is 1. The molecule has 0 bridgehead atoms. The van der Waals surface area contributed by atoms with Crippen LogP contribution in [0.15, 0.2) is 12.1 Å². The van der Waals surface area contributed by atoms with Gasteiger partial charge >= 0.3 is 0 Å². The first-order valence-electron chi connectivity index (χ1n) is 7.36. The van der Waals surface area contributed by atoms with E-state index in [1.807, 2.05) is 0 Å². The van der Waals surface area contributed by atoms with E-state index in [0.29, 0.717) is 27.9 Å². The van der Waals surface area contributed by atoms with E-state index in [2.05, 4.69) is 15.5 Å². The van der Waals surface area contributed by atoms with E-state index in [-0.39, 0.29) is 18.3 Å². The van der Waals surface area contributed by atoms with Crippen molar-refractivity contribution in [1.82, 2.24) is 15.5 Å². The van der Waals surface area contributed by atoms with Crippen molar-refractivity contribution in [2.24, 2.45) is 0 Å². The van der Waals surface area contributed by atoms with Crippen LogP contribution in [0.5, 0.6) is 5.75 Å². The molecule has 1 amide bonds. The quantitative estimate of drug-likeness (QED) is 0.742. The molecule has 2 N–H and O–H groups in total. The van der Waals surface area contributed by atoms with Gasteiger partial charge in [-0.05, 0) is 19.0 Å². The maximum atomic E-state index is 12.2. The van der Waals surface area contributed by atoms with Gasteiger partial charge in [-0.15, -0.1) is 12.4 Å². The zero-order chi connectivity index (χ0) is 15.9. The van der Waals surface area contributed by atoms with Crippen molar-refractivity contribution in [3.8, 4) is 5.75 Å². The van der Waals surface area contributed by atoms with Crippen LogP contribution >= 0.6 is 35.6 Å². The predicted molar refractivity (Wildman–Crippen MR) is 96.5 cm³/mol. The molecular formula is C15H22Cl3N3O2. The summed E-state index contributed by atoms with van der Waals surface area (Å²) < 4.78 is 5.18. The average molecular weight is 383 g/mol. The third-order valence-corrected chi connectivity index (χ3v) is 4.36. The highest BCUT2D eigenvalue weighted by Gasteiger charge is 2.15. The van der Waals surface area contributed by atoms with Crippen LogP contribution in [-0.4, -0.2) is 57.2 Å². The summed E-state index contributed by atoms with van der Waals surface area (Å²) in [5.74, 6) is 0.227. The number of nitrogens with zero attached hydrogens (tertiary/aromatic N) is 1. The Kier molecular flexibility index (Phi) is 9.02. The van der Waals surface area contributed by atoms with Gasteiger partial charge in [0.2, 0.25) is 0 Å². The van der Waals surface area contributed by atoms with Gasteiger partial charge in [0, 0.05) is 38.8 Å². The lowest BCUT2D eigenvalue weighted by molar-refractivity contribution is 0.0948. The van der Waals surface area contributed by atoms with E-state index in [9.17, 15) is 4.79 Å². The maximum Gasteiger partial charge on any atom is 0.255 e. The van der Waals surface area contributed by atoms with Crippen molar-refractivity contribution in [3.05, 3.63) is 27.7 Å². The molecule has 1 aliphatic heterocycles. The van der Waals surface area contributed by atoms with Crippen molar-refractivity contribution in [3.63, 3.8) is 0 Å².